The van der Waals surface area contributed by atoms with E-state index in [4.69, 9.17) is 21.4 Å². The summed E-state index contributed by atoms with van der Waals surface area (Å²) >= 11 is 5.93. The van der Waals surface area contributed by atoms with Crippen molar-refractivity contribution < 1.29 is 14.6 Å². The zero-order valence-electron chi connectivity index (χ0n) is 9.63. The summed E-state index contributed by atoms with van der Waals surface area (Å²) in [5, 5.41) is 13.4. The van der Waals surface area contributed by atoms with Crippen LogP contribution in [0, 0.1) is 0 Å². The molecule has 2 rings (SSSR count). The fourth-order valence-corrected chi connectivity index (χ4v) is 1.74. The van der Waals surface area contributed by atoms with E-state index < -0.39 is 5.97 Å². The average molecular weight is 267 g/mol. The molecule has 0 amide bonds. The Balaban J connectivity index is 2.20. The zero-order valence-corrected chi connectivity index (χ0v) is 10.4. The molecule has 5 nitrogen and oxygen atoms in total. The molecule has 0 atom stereocenters. The lowest BCUT2D eigenvalue weighted by molar-refractivity contribution is 0.0691. The van der Waals surface area contributed by atoms with Crippen LogP contribution in [-0.4, -0.2) is 20.9 Å². The summed E-state index contributed by atoms with van der Waals surface area (Å²) in [7, 11) is 1.79. The molecule has 18 heavy (non-hydrogen) atoms. The second-order valence-corrected chi connectivity index (χ2v) is 4.10. The molecule has 1 aromatic heterocycles. The Morgan fingerprint density at radius 1 is 1.50 bits per heavy atom. The summed E-state index contributed by atoms with van der Waals surface area (Å²) in [6.07, 6.45) is 1.78. The van der Waals surface area contributed by atoms with Gasteiger partial charge in [-0.05, 0) is 18.2 Å². The minimum atomic E-state index is -1.08. The van der Waals surface area contributed by atoms with Crippen LogP contribution in [0.15, 0.2) is 30.5 Å². The Hall–Kier alpha value is -2.01. The Kier molecular flexibility index (Phi) is 3.53. The van der Waals surface area contributed by atoms with E-state index in [0.29, 0.717) is 5.69 Å². The van der Waals surface area contributed by atoms with Crippen LogP contribution in [0.3, 0.4) is 0 Å². The molecule has 0 saturated carbocycles. The van der Waals surface area contributed by atoms with Crippen molar-refractivity contribution in [1.82, 2.24) is 9.78 Å². The number of aryl methyl sites for hydroxylation is 1. The minimum Gasteiger partial charge on any atom is -0.485 e. The van der Waals surface area contributed by atoms with Crippen LogP contribution in [0.2, 0.25) is 5.02 Å². The first-order valence-electron chi connectivity index (χ1n) is 5.21. The van der Waals surface area contributed by atoms with E-state index in [1.165, 1.54) is 6.07 Å². The summed E-state index contributed by atoms with van der Waals surface area (Å²) in [6, 6.07) is 6.39. The van der Waals surface area contributed by atoms with Crippen LogP contribution < -0.4 is 4.74 Å². The van der Waals surface area contributed by atoms with Gasteiger partial charge in [-0.15, -0.1) is 0 Å². The summed E-state index contributed by atoms with van der Waals surface area (Å²) in [5.41, 5.74) is 0.743. The van der Waals surface area contributed by atoms with Crippen molar-refractivity contribution in [2.75, 3.05) is 0 Å². The average Bonchev–Trinajstić information content (AvgIpc) is 2.73. The van der Waals surface area contributed by atoms with E-state index in [2.05, 4.69) is 5.10 Å². The van der Waals surface area contributed by atoms with Crippen molar-refractivity contribution in [2.45, 2.75) is 6.61 Å². The van der Waals surface area contributed by atoms with Gasteiger partial charge < -0.3 is 9.84 Å². The van der Waals surface area contributed by atoms with Crippen LogP contribution in [0.5, 0.6) is 5.75 Å². The second kappa shape index (κ2) is 5.10. The largest absolute Gasteiger partial charge is 0.485 e. The molecular formula is C12H11ClN2O3. The van der Waals surface area contributed by atoms with Gasteiger partial charge in [0.2, 0.25) is 0 Å². The van der Waals surface area contributed by atoms with Crippen molar-refractivity contribution >= 4 is 17.6 Å². The van der Waals surface area contributed by atoms with Gasteiger partial charge in [-0.2, -0.15) is 5.10 Å². The summed E-state index contributed by atoms with van der Waals surface area (Å²) in [4.78, 5) is 11.0. The third kappa shape index (κ3) is 2.62. The number of aromatic nitrogens is 2. The number of halogens is 1. The monoisotopic (exact) mass is 266 g/mol. The lowest BCUT2D eigenvalue weighted by atomic mass is 10.2. The number of nitrogens with zero attached hydrogens (tertiary/aromatic N) is 2. The van der Waals surface area contributed by atoms with Crippen LogP contribution in [-0.2, 0) is 13.7 Å². The number of benzene rings is 1. The number of hydrogen-bond acceptors (Lipinski definition) is 3. The van der Waals surface area contributed by atoms with Gasteiger partial charge in [-0.3, -0.25) is 4.68 Å². The van der Waals surface area contributed by atoms with Gasteiger partial charge in [0.15, 0.2) is 5.75 Å². The minimum absolute atomic E-state index is 0.0402. The van der Waals surface area contributed by atoms with Crippen molar-refractivity contribution in [1.29, 1.82) is 0 Å². The van der Waals surface area contributed by atoms with Crippen LogP contribution in [0.1, 0.15) is 16.1 Å². The molecule has 0 aliphatic rings. The first-order chi connectivity index (χ1) is 8.58. The lowest BCUT2D eigenvalue weighted by Gasteiger charge is -2.09. The highest BCUT2D eigenvalue weighted by Crippen LogP contribution is 2.29. The van der Waals surface area contributed by atoms with E-state index in [1.54, 1.807) is 36.1 Å². The van der Waals surface area contributed by atoms with Crippen molar-refractivity contribution in [3.63, 3.8) is 0 Å². The van der Waals surface area contributed by atoms with Crippen LogP contribution in [0.4, 0.5) is 0 Å². The number of carboxylic acids is 1. The predicted octanol–water partition coefficient (Wildman–Crippen LogP) is 2.35. The molecule has 0 saturated heterocycles. The molecular weight excluding hydrogens is 256 g/mol. The van der Waals surface area contributed by atoms with E-state index >= 15 is 0 Å². The highest BCUT2D eigenvalue weighted by molar-refractivity contribution is 6.32. The van der Waals surface area contributed by atoms with E-state index in [0.717, 1.165) is 0 Å². The molecule has 0 bridgehead atoms. The molecule has 0 aliphatic carbocycles. The molecule has 0 unspecified atom stereocenters. The number of ether oxygens (including phenoxy) is 1. The molecule has 1 heterocycles. The highest BCUT2D eigenvalue weighted by Gasteiger charge is 2.14. The van der Waals surface area contributed by atoms with Crippen molar-refractivity contribution in [3.8, 4) is 5.75 Å². The lowest BCUT2D eigenvalue weighted by Crippen LogP contribution is -2.04. The maximum atomic E-state index is 11.0. The Bertz CT molecular complexity index is 580. The normalized spacial score (nSPS) is 10.3. The number of para-hydroxylation sites is 1. The molecule has 1 aromatic carbocycles. The maximum absolute atomic E-state index is 11.0. The number of rotatable bonds is 4. The smallest absolute Gasteiger partial charge is 0.339 e. The number of aromatic carboxylic acids is 1. The number of hydrogen-bond donors (Lipinski definition) is 1. The molecule has 0 radical (unpaired) electrons. The third-order valence-corrected chi connectivity index (χ3v) is 2.63. The molecule has 94 valence electrons. The van der Waals surface area contributed by atoms with Crippen molar-refractivity contribution in [3.05, 3.63) is 46.7 Å². The Labute approximate surface area is 109 Å². The summed E-state index contributed by atoms with van der Waals surface area (Å²) in [6.45, 7) is 0.171. The first kappa shape index (κ1) is 12.4. The van der Waals surface area contributed by atoms with E-state index in [9.17, 15) is 4.79 Å². The van der Waals surface area contributed by atoms with E-state index in [-0.39, 0.29) is 22.9 Å². The van der Waals surface area contributed by atoms with Crippen molar-refractivity contribution in [2.24, 2.45) is 7.05 Å². The summed E-state index contributed by atoms with van der Waals surface area (Å²) in [5.74, 6) is -0.911. The fourth-order valence-electron chi connectivity index (χ4n) is 1.51. The molecule has 0 spiro atoms. The quantitative estimate of drug-likeness (QED) is 0.923. The molecule has 0 aliphatic heterocycles. The SMILES string of the molecule is Cn1ccc(COc2c(Cl)cccc2C(=O)O)n1. The number of carboxylic acid groups (broad SMARTS) is 1. The Morgan fingerprint density at radius 3 is 2.89 bits per heavy atom. The van der Waals surface area contributed by atoms with Crippen LogP contribution in [0.25, 0.3) is 0 Å². The molecule has 1 N–H and O–H groups in total. The van der Waals surface area contributed by atoms with Gasteiger partial charge in [-0.25, -0.2) is 4.79 Å². The van der Waals surface area contributed by atoms with E-state index in [1.807, 2.05) is 0 Å². The third-order valence-electron chi connectivity index (χ3n) is 2.33. The zero-order chi connectivity index (χ0) is 13.1. The second-order valence-electron chi connectivity index (χ2n) is 3.69. The Morgan fingerprint density at radius 2 is 2.28 bits per heavy atom. The van der Waals surface area contributed by atoms with Gasteiger partial charge in [0.25, 0.3) is 0 Å². The number of carbonyl (C=O) groups is 1. The van der Waals surface area contributed by atoms with Gasteiger partial charge in [0.05, 0.1) is 10.7 Å². The van der Waals surface area contributed by atoms with Gasteiger partial charge in [0, 0.05) is 13.2 Å². The van der Waals surface area contributed by atoms with Gasteiger partial charge >= 0.3 is 5.97 Å². The first-order valence-corrected chi connectivity index (χ1v) is 5.59. The van der Waals surface area contributed by atoms with Gasteiger partial charge in [-0.1, -0.05) is 17.7 Å². The highest BCUT2D eigenvalue weighted by atomic mass is 35.5. The maximum Gasteiger partial charge on any atom is 0.339 e. The van der Waals surface area contributed by atoms with Crippen LogP contribution >= 0.6 is 11.6 Å². The molecule has 0 fully saturated rings. The summed E-state index contributed by atoms with van der Waals surface area (Å²) < 4.78 is 7.08. The standard InChI is InChI=1S/C12H11ClN2O3/c1-15-6-5-8(14-15)7-18-11-9(12(16)17)3-2-4-10(11)13/h2-6H,7H2,1H3,(H,16,17). The molecule has 2 aromatic rings. The fraction of sp³-hybridized carbons (Fsp3) is 0.167. The molecule has 6 heteroatoms. The topological polar surface area (TPSA) is 64.3 Å². The predicted molar refractivity (Wildman–Crippen MR) is 66.0 cm³/mol. The van der Waals surface area contributed by atoms with Gasteiger partial charge in [0.1, 0.15) is 12.2 Å².